The van der Waals surface area contributed by atoms with Crippen molar-refractivity contribution in [2.75, 3.05) is 36.5 Å². The molecule has 3 rings (SSSR count). The SMILES string of the molecule is Cc1[nH]ccc1C(=O)Nc1ccccc1N1CCOCC1. The van der Waals surface area contributed by atoms with E-state index in [0.717, 1.165) is 43.4 Å². The number of nitrogens with one attached hydrogen (secondary N) is 2. The number of anilines is 2. The fourth-order valence-corrected chi connectivity index (χ4v) is 2.55. The van der Waals surface area contributed by atoms with Crippen LogP contribution in [0.25, 0.3) is 0 Å². The van der Waals surface area contributed by atoms with Gasteiger partial charge in [0.05, 0.1) is 30.2 Å². The molecule has 0 bridgehead atoms. The van der Waals surface area contributed by atoms with Gasteiger partial charge < -0.3 is 19.9 Å². The molecule has 2 N–H and O–H groups in total. The number of nitrogens with zero attached hydrogens (tertiary/aromatic N) is 1. The maximum absolute atomic E-state index is 12.4. The van der Waals surface area contributed by atoms with Gasteiger partial charge in [-0.25, -0.2) is 0 Å². The Morgan fingerprint density at radius 3 is 2.71 bits per heavy atom. The number of benzene rings is 1. The minimum atomic E-state index is -0.0885. The molecule has 1 saturated heterocycles. The Kier molecular flexibility index (Phi) is 3.92. The summed E-state index contributed by atoms with van der Waals surface area (Å²) >= 11 is 0. The Morgan fingerprint density at radius 2 is 2.00 bits per heavy atom. The maximum Gasteiger partial charge on any atom is 0.257 e. The molecule has 1 fully saturated rings. The summed E-state index contributed by atoms with van der Waals surface area (Å²) in [6.45, 7) is 5.02. The van der Waals surface area contributed by atoms with Gasteiger partial charge in [-0.1, -0.05) is 12.1 Å². The number of aromatic amines is 1. The predicted molar refractivity (Wildman–Crippen MR) is 83.0 cm³/mol. The lowest BCUT2D eigenvalue weighted by Crippen LogP contribution is -2.36. The van der Waals surface area contributed by atoms with E-state index in [1.165, 1.54) is 0 Å². The van der Waals surface area contributed by atoms with E-state index >= 15 is 0 Å². The molecule has 0 saturated carbocycles. The molecule has 2 aromatic rings. The highest BCUT2D eigenvalue weighted by molar-refractivity contribution is 6.06. The average Bonchev–Trinajstić information content (AvgIpc) is 2.95. The van der Waals surface area contributed by atoms with Crippen LogP contribution in [0.3, 0.4) is 0 Å². The Bertz CT molecular complexity index is 630. The number of amides is 1. The van der Waals surface area contributed by atoms with Crippen LogP contribution in [0.2, 0.25) is 0 Å². The van der Waals surface area contributed by atoms with Gasteiger partial charge in [-0.3, -0.25) is 4.79 Å². The van der Waals surface area contributed by atoms with Crippen LogP contribution in [0.15, 0.2) is 36.5 Å². The lowest BCUT2D eigenvalue weighted by Gasteiger charge is -2.30. The number of H-pyrrole nitrogens is 1. The van der Waals surface area contributed by atoms with Gasteiger partial charge in [0.15, 0.2) is 0 Å². The molecule has 0 aliphatic carbocycles. The zero-order chi connectivity index (χ0) is 14.7. The zero-order valence-electron chi connectivity index (χ0n) is 12.1. The second kappa shape index (κ2) is 6.01. The first-order valence-corrected chi connectivity index (χ1v) is 7.13. The molecule has 1 aliphatic rings. The van der Waals surface area contributed by atoms with E-state index in [1.54, 1.807) is 12.3 Å². The zero-order valence-corrected chi connectivity index (χ0v) is 12.1. The summed E-state index contributed by atoms with van der Waals surface area (Å²) < 4.78 is 5.38. The first-order valence-electron chi connectivity index (χ1n) is 7.13. The maximum atomic E-state index is 12.4. The van der Waals surface area contributed by atoms with Crippen molar-refractivity contribution in [1.82, 2.24) is 4.98 Å². The van der Waals surface area contributed by atoms with Crippen molar-refractivity contribution < 1.29 is 9.53 Å². The first-order chi connectivity index (χ1) is 10.3. The van der Waals surface area contributed by atoms with Crippen LogP contribution >= 0.6 is 0 Å². The fourth-order valence-electron chi connectivity index (χ4n) is 2.55. The number of hydrogen-bond acceptors (Lipinski definition) is 3. The van der Waals surface area contributed by atoms with Crippen molar-refractivity contribution >= 4 is 17.3 Å². The lowest BCUT2D eigenvalue weighted by atomic mass is 10.2. The molecule has 1 aliphatic heterocycles. The van der Waals surface area contributed by atoms with Gasteiger partial charge >= 0.3 is 0 Å². The first kappa shape index (κ1) is 13.7. The standard InChI is InChI=1S/C16H19N3O2/c1-12-13(6-7-17-12)16(20)18-14-4-2-3-5-15(14)19-8-10-21-11-9-19/h2-7,17H,8-11H2,1H3,(H,18,20). The molecule has 1 aromatic carbocycles. The molecule has 1 aromatic heterocycles. The second-order valence-corrected chi connectivity index (χ2v) is 5.09. The van der Waals surface area contributed by atoms with Gasteiger partial charge in [0.2, 0.25) is 0 Å². The smallest absolute Gasteiger partial charge is 0.257 e. The van der Waals surface area contributed by atoms with Crippen LogP contribution in [0.5, 0.6) is 0 Å². The normalized spacial score (nSPS) is 15.0. The van der Waals surface area contributed by atoms with E-state index in [9.17, 15) is 4.79 Å². The molecule has 5 nitrogen and oxygen atoms in total. The van der Waals surface area contributed by atoms with Crippen molar-refractivity contribution in [2.24, 2.45) is 0 Å². The van der Waals surface area contributed by atoms with E-state index in [4.69, 9.17) is 4.74 Å². The number of carbonyl (C=O) groups is 1. The minimum absolute atomic E-state index is 0.0885. The van der Waals surface area contributed by atoms with Crippen LogP contribution in [0, 0.1) is 6.92 Å². The monoisotopic (exact) mass is 285 g/mol. The highest BCUT2D eigenvalue weighted by Crippen LogP contribution is 2.27. The Balaban J connectivity index is 1.82. The molecule has 1 amide bonds. The van der Waals surface area contributed by atoms with E-state index in [-0.39, 0.29) is 5.91 Å². The number of carbonyl (C=O) groups excluding carboxylic acids is 1. The van der Waals surface area contributed by atoms with Crippen LogP contribution in [0.4, 0.5) is 11.4 Å². The van der Waals surface area contributed by atoms with Crippen LogP contribution < -0.4 is 10.2 Å². The number of aromatic nitrogens is 1. The van der Waals surface area contributed by atoms with Crippen LogP contribution in [-0.2, 0) is 4.74 Å². The quantitative estimate of drug-likeness (QED) is 0.910. The van der Waals surface area contributed by atoms with E-state index in [1.807, 2.05) is 31.2 Å². The molecule has 0 radical (unpaired) electrons. The molecule has 2 heterocycles. The van der Waals surface area contributed by atoms with Crippen molar-refractivity contribution in [3.05, 3.63) is 47.8 Å². The third kappa shape index (κ3) is 2.92. The molecule has 0 spiro atoms. The molecular formula is C16H19N3O2. The molecular weight excluding hydrogens is 266 g/mol. The third-order valence-corrected chi connectivity index (χ3v) is 3.70. The summed E-state index contributed by atoms with van der Waals surface area (Å²) in [6, 6.07) is 9.68. The highest BCUT2D eigenvalue weighted by atomic mass is 16.5. The largest absolute Gasteiger partial charge is 0.378 e. The number of ether oxygens (including phenoxy) is 1. The van der Waals surface area contributed by atoms with Crippen molar-refractivity contribution in [3.8, 4) is 0 Å². The lowest BCUT2D eigenvalue weighted by molar-refractivity contribution is 0.102. The Morgan fingerprint density at radius 1 is 1.24 bits per heavy atom. The third-order valence-electron chi connectivity index (χ3n) is 3.70. The number of morpholine rings is 1. The van der Waals surface area contributed by atoms with Gasteiger partial charge in [-0.15, -0.1) is 0 Å². The Labute approximate surface area is 123 Å². The number of para-hydroxylation sites is 2. The van der Waals surface area contributed by atoms with E-state index < -0.39 is 0 Å². The van der Waals surface area contributed by atoms with Gasteiger partial charge in [-0.05, 0) is 25.1 Å². The summed E-state index contributed by atoms with van der Waals surface area (Å²) in [5.41, 5.74) is 3.43. The van der Waals surface area contributed by atoms with E-state index in [2.05, 4.69) is 15.2 Å². The summed E-state index contributed by atoms with van der Waals surface area (Å²) in [5, 5.41) is 3.01. The molecule has 21 heavy (non-hydrogen) atoms. The Hall–Kier alpha value is -2.27. The topological polar surface area (TPSA) is 57.4 Å². The fraction of sp³-hybridized carbons (Fsp3) is 0.312. The van der Waals surface area contributed by atoms with Crippen LogP contribution in [-0.4, -0.2) is 37.2 Å². The predicted octanol–water partition coefficient (Wildman–Crippen LogP) is 2.41. The van der Waals surface area contributed by atoms with Crippen molar-refractivity contribution in [3.63, 3.8) is 0 Å². The van der Waals surface area contributed by atoms with Crippen LogP contribution in [0.1, 0.15) is 16.1 Å². The molecule has 5 heteroatoms. The van der Waals surface area contributed by atoms with E-state index in [0.29, 0.717) is 5.56 Å². The summed E-state index contributed by atoms with van der Waals surface area (Å²) in [6.07, 6.45) is 1.78. The molecule has 0 unspecified atom stereocenters. The van der Waals surface area contributed by atoms with Gasteiger partial charge in [0.25, 0.3) is 5.91 Å². The molecule has 110 valence electrons. The van der Waals surface area contributed by atoms with Gasteiger partial charge in [0.1, 0.15) is 0 Å². The van der Waals surface area contributed by atoms with Gasteiger partial charge in [0, 0.05) is 25.0 Å². The number of aryl methyl sites for hydroxylation is 1. The highest BCUT2D eigenvalue weighted by Gasteiger charge is 2.17. The average molecular weight is 285 g/mol. The van der Waals surface area contributed by atoms with Crippen molar-refractivity contribution in [2.45, 2.75) is 6.92 Å². The second-order valence-electron chi connectivity index (χ2n) is 5.09. The minimum Gasteiger partial charge on any atom is -0.378 e. The summed E-state index contributed by atoms with van der Waals surface area (Å²) in [7, 11) is 0. The summed E-state index contributed by atoms with van der Waals surface area (Å²) in [4.78, 5) is 17.6. The number of rotatable bonds is 3. The van der Waals surface area contributed by atoms with Gasteiger partial charge in [-0.2, -0.15) is 0 Å². The summed E-state index contributed by atoms with van der Waals surface area (Å²) in [5.74, 6) is -0.0885. The van der Waals surface area contributed by atoms with Crippen molar-refractivity contribution in [1.29, 1.82) is 0 Å². The molecule has 0 atom stereocenters. The number of hydrogen-bond donors (Lipinski definition) is 2.